The van der Waals surface area contributed by atoms with Gasteiger partial charge in [0.25, 0.3) is 0 Å². The smallest absolute Gasteiger partial charge is 0.0620 e. The maximum Gasteiger partial charge on any atom is 0.0620 e. The Morgan fingerprint density at radius 2 is 2.27 bits per heavy atom. The molecule has 0 unspecified atom stereocenters. The summed E-state index contributed by atoms with van der Waals surface area (Å²) in [7, 11) is 0. The van der Waals surface area contributed by atoms with Gasteiger partial charge in [-0.3, -0.25) is 0 Å². The van der Waals surface area contributed by atoms with E-state index >= 15 is 0 Å². The second-order valence-electron chi connectivity index (χ2n) is 3.76. The van der Waals surface area contributed by atoms with E-state index in [-0.39, 0.29) is 0 Å². The van der Waals surface area contributed by atoms with Crippen LogP contribution in [0.15, 0.2) is 0 Å². The van der Waals surface area contributed by atoms with Crippen molar-refractivity contribution in [3.8, 4) is 0 Å². The van der Waals surface area contributed by atoms with Gasteiger partial charge in [0.1, 0.15) is 0 Å². The Labute approximate surface area is 68.3 Å². The Morgan fingerprint density at radius 1 is 1.36 bits per heavy atom. The van der Waals surface area contributed by atoms with Crippen molar-refractivity contribution in [2.45, 2.75) is 31.7 Å². The van der Waals surface area contributed by atoms with E-state index in [1.165, 1.54) is 25.7 Å². The molecular formula is C9H17NO. The topological polar surface area (TPSA) is 21.3 Å². The third-order valence-corrected chi connectivity index (χ3v) is 2.84. The lowest BCUT2D eigenvalue weighted by Gasteiger charge is -2.32. The summed E-state index contributed by atoms with van der Waals surface area (Å²) in [4.78, 5) is 0. The number of rotatable bonds is 2. The van der Waals surface area contributed by atoms with Gasteiger partial charge in [0.15, 0.2) is 0 Å². The van der Waals surface area contributed by atoms with Gasteiger partial charge in [-0.25, -0.2) is 0 Å². The van der Waals surface area contributed by atoms with E-state index in [9.17, 15) is 0 Å². The molecule has 2 aliphatic rings. The first kappa shape index (κ1) is 7.56. The van der Waals surface area contributed by atoms with E-state index in [1.54, 1.807) is 0 Å². The molecule has 0 amide bonds. The van der Waals surface area contributed by atoms with Crippen LogP contribution in [-0.4, -0.2) is 25.8 Å². The fourth-order valence-corrected chi connectivity index (χ4v) is 1.90. The standard InChI is InChI=1S/C9H17NO/c1-2-8(3-1)6-9-7-11-5-4-10-9/h8-10H,1-7H2/t9-/m1/s1. The Morgan fingerprint density at radius 3 is 2.82 bits per heavy atom. The Hall–Kier alpha value is -0.0800. The average Bonchev–Trinajstić information content (AvgIpc) is 1.99. The lowest BCUT2D eigenvalue weighted by atomic mass is 9.81. The second-order valence-corrected chi connectivity index (χ2v) is 3.76. The van der Waals surface area contributed by atoms with Gasteiger partial charge in [0, 0.05) is 12.6 Å². The highest BCUT2D eigenvalue weighted by Gasteiger charge is 2.22. The molecule has 0 spiro atoms. The monoisotopic (exact) mass is 155 g/mol. The number of ether oxygens (including phenoxy) is 1. The molecule has 0 bridgehead atoms. The Bertz CT molecular complexity index is 117. The molecule has 1 saturated carbocycles. The molecule has 1 aliphatic carbocycles. The second kappa shape index (κ2) is 3.55. The fourth-order valence-electron chi connectivity index (χ4n) is 1.90. The van der Waals surface area contributed by atoms with Crippen molar-refractivity contribution in [1.82, 2.24) is 5.32 Å². The van der Waals surface area contributed by atoms with Crippen LogP contribution in [0.3, 0.4) is 0 Å². The zero-order valence-electron chi connectivity index (χ0n) is 7.01. The van der Waals surface area contributed by atoms with E-state index in [1.807, 2.05) is 0 Å². The van der Waals surface area contributed by atoms with Gasteiger partial charge in [-0.05, 0) is 12.3 Å². The molecule has 0 aromatic carbocycles. The largest absolute Gasteiger partial charge is 0.379 e. The fraction of sp³-hybridized carbons (Fsp3) is 1.00. The van der Waals surface area contributed by atoms with Crippen LogP contribution in [0.5, 0.6) is 0 Å². The minimum Gasteiger partial charge on any atom is -0.379 e. The molecule has 64 valence electrons. The summed E-state index contributed by atoms with van der Waals surface area (Å²) in [5.41, 5.74) is 0. The van der Waals surface area contributed by atoms with Crippen LogP contribution in [-0.2, 0) is 4.74 Å². The molecule has 1 saturated heterocycles. The van der Waals surface area contributed by atoms with Gasteiger partial charge in [-0.2, -0.15) is 0 Å². The highest BCUT2D eigenvalue weighted by atomic mass is 16.5. The van der Waals surface area contributed by atoms with Crippen molar-refractivity contribution in [2.75, 3.05) is 19.8 Å². The van der Waals surface area contributed by atoms with Crippen molar-refractivity contribution < 1.29 is 4.74 Å². The van der Waals surface area contributed by atoms with Crippen molar-refractivity contribution in [2.24, 2.45) is 5.92 Å². The molecule has 1 N–H and O–H groups in total. The molecule has 0 radical (unpaired) electrons. The van der Waals surface area contributed by atoms with E-state index in [2.05, 4.69) is 5.32 Å². The summed E-state index contributed by atoms with van der Waals surface area (Å²) >= 11 is 0. The van der Waals surface area contributed by atoms with Crippen molar-refractivity contribution in [3.05, 3.63) is 0 Å². The van der Waals surface area contributed by atoms with Gasteiger partial charge in [0.05, 0.1) is 13.2 Å². The van der Waals surface area contributed by atoms with Gasteiger partial charge >= 0.3 is 0 Å². The van der Waals surface area contributed by atoms with E-state index in [0.717, 1.165) is 25.7 Å². The van der Waals surface area contributed by atoms with Crippen LogP contribution < -0.4 is 5.32 Å². The number of hydrogen-bond donors (Lipinski definition) is 1. The quantitative estimate of drug-likeness (QED) is 0.646. The molecule has 1 aliphatic heterocycles. The summed E-state index contributed by atoms with van der Waals surface area (Å²) in [6.45, 7) is 2.90. The predicted molar refractivity (Wildman–Crippen MR) is 44.6 cm³/mol. The van der Waals surface area contributed by atoms with Crippen LogP contribution in [0, 0.1) is 5.92 Å². The maximum atomic E-state index is 5.39. The van der Waals surface area contributed by atoms with Crippen molar-refractivity contribution >= 4 is 0 Å². The molecule has 0 aromatic rings. The lowest BCUT2D eigenvalue weighted by molar-refractivity contribution is 0.0627. The predicted octanol–water partition coefficient (Wildman–Crippen LogP) is 1.17. The first-order valence-electron chi connectivity index (χ1n) is 4.76. The third kappa shape index (κ3) is 1.94. The average molecular weight is 155 g/mol. The molecule has 11 heavy (non-hydrogen) atoms. The van der Waals surface area contributed by atoms with Crippen LogP contribution in [0.25, 0.3) is 0 Å². The number of nitrogens with one attached hydrogen (secondary N) is 1. The number of morpholine rings is 1. The molecule has 2 nitrogen and oxygen atoms in total. The number of hydrogen-bond acceptors (Lipinski definition) is 2. The highest BCUT2D eigenvalue weighted by Crippen LogP contribution is 2.30. The molecule has 2 heteroatoms. The molecule has 1 heterocycles. The molecule has 2 rings (SSSR count). The summed E-state index contributed by atoms with van der Waals surface area (Å²) < 4.78 is 5.39. The Balaban J connectivity index is 1.67. The zero-order valence-corrected chi connectivity index (χ0v) is 7.01. The lowest BCUT2D eigenvalue weighted by Crippen LogP contribution is -2.42. The normalized spacial score (nSPS) is 33.3. The van der Waals surface area contributed by atoms with Gasteiger partial charge in [-0.15, -0.1) is 0 Å². The van der Waals surface area contributed by atoms with Gasteiger partial charge in [-0.1, -0.05) is 19.3 Å². The van der Waals surface area contributed by atoms with Crippen LogP contribution in [0.4, 0.5) is 0 Å². The molecule has 0 aromatic heterocycles. The van der Waals surface area contributed by atoms with Crippen LogP contribution >= 0.6 is 0 Å². The van der Waals surface area contributed by atoms with Crippen LogP contribution in [0.1, 0.15) is 25.7 Å². The molecule has 1 atom stereocenters. The molecule has 2 fully saturated rings. The maximum absolute atomic E-state index is 5.39. The Kier molecular flexibility index (Phi) is 2.44. The van der Waals surface area contributed by atoms with Gasteiger partial charge in [0.2, 0.25) is 0 Å². The molecular weight excluding hydrogens is 138 g/mol. The first-order valence-corrected chi connectivity index (χ1v) is 4.76. The minimum atomic E-state index is 0.661. The highest BCUT2D eigenvalue weighted by molar-refractivity contribution is 4.78. The summed E-state index contributed by atoms with van der Waals surface area (Å²) in [5.74, 6) is 1.01. The van der Waals surface area contributed by atoms with Crippen LogP contribution in [0.2, 0.25) is 0 Å². The van der Waals surface area contributed by atoms with Gasteiger partial charge < -0.3 is 10.1 Å². The van der Waals surface area contributed by atoms with Crippen molar-refractivity contribution in [3.63, 3.8) is 0 Å². The zero-order chi connectivity index (χ0) is 7.52. The third-order valence-electron chi connectivity index (χ3n) is 2.84. The van der Waals surface area contributed by atoms with E-state index in [0.29, 0.717) is 6.04 Å². The van der Waals surface area contributed by atoms with E-state index in [4.69, 9.17) is 4.74 Å². The summed E-state index contributed by atoms with van der Waals surface area (Å²) in [6.07, 6.45) is 5.72. The summed E-state index contributed by atoms with van der Waals surface area (Å²) in [6, 6.07) is 0.661. The minimum absolute atomic E-state index is 0.661. The van der Waals surface area contributed by atoms with E-state index < -0.39 is 0 Å². The first-order chi connectivity index (χ1) is 5.45. The SMILES string of the molecule is C1CC(C[C@@H]2COCCN2)C1. The summed E-state index contributed by atoms with van der Waals surface area (Å²) in [5, 5.41) is 3.49. The van der Waals surface area contributed by atoms with Crippen molar-refractivity contribution in [1.29, 1.82) is 0 Å².